The van der Waals surface area contributed by atoms with Crippen LogP contribution in [0.5, 0.6) is 0 Å². The summed E-state index contributed by atoms with van der Waals surface area (Å²) in [4.78, 5) is 25.0. The monoisotopic (exact) mass is 325 g/mol. The van der Waals surface area contributed by atoms with E-state index in [1.165, 1.54) is 17.0 Å². The van der Waals surface area contributed by atoms with Crippen LogP contribution in [0.25, 0.3) is 0 Å². The summed E-state index contributed by atoms with van der Waals surface area (Å²) >= 11 is 0. The van der Waals surface area contributed by atoms with Crippen LogP contribution in [0.1, 0.15) is 18.4 Å². The van der Waals surface area contributed by atoms with Crippen molar-refractivity contribution in [3.8, 4) is 0 Å². The van der Waals surface area contributed by atoms with Gasteiger partial charge in [0, 0.05) is 19.3 Å². The normalized spacial score (nSPS) is 18.2. The van der Waals surface area contributed by atoms with E-state index in [0.717, 1.165) is 18.2 Å². The van der Waals surface area contributed by atoms with E-state index >= 15 is 0 Å². The number of benzene rings is 1. The van der Waals surface area contributed by atoms with Gasteiger partial charge in [-0.2, -0.15) is 0 Å². The Morgan fingerprint density at radius 2 is 1.95 bits per heavy atom. The lowest BCUT2D eigenvalue weighted by molar-refractivity contribution is -0.121. The predicted molar refractivity (Wildman–Crippen MR) is 80.7 cm³/mol. The maximum Gasteiger partial charge on any atom is 0.318 e. The molecule has 1 saturated heterocycles. The first kappa shape index (κ1) is 16.3. The van der Waals surface area contributed by atoms with Gasteiger partial charge < -0.3 is 16.0 Å². The van der Waals surface area contributed by atoms with E-state index in [4.69, 9.17) is 5.73 Å². The molecule has 0 aliphatic carbocycles. The van der Waals surface area contributed by atoms with Gasteiger partial charge in [0.15, 0.2) is 9.84 Å². The number of rotatable bonds is 4. The van der Waals surface area contributed by atoms with Crippen molar-refractivity contribution in [1.29, 1.82) is 0 Å². The van der Waals surface area contributed by atoms with Gasteiger partial charge in [-0.3, -0.25) is 4.79 Å². The molecule has 1 aromatic carbocycles. The Balaban J connectivity index is 1.95. The van der Waals surface area contributed by atoms with Crippen LogP contribution in [0.3, 0.4) is 0 Å². The van der Waals surface area contributed by atoms with E-state index in [0.29, 0.717) is 13.0 Å². The third-order valence-electron chi connectivity index (χ3n) is 3.64. The van der Waals surface area contributed by atoms with Gasteiger partial charge in [0.2, 0.25) is 5.91 Å². The number of primary amides is 1. The van der Waals surface area contributed by atoms with Gasteiger partial charge in [-0.25, -0.2) is 13.2 Å². The van der Waals surface area contributed by atoms with Gasteiger partial charge in [0.25, 0.3) is 0 Å². The summed E-state index contributed by atoms with van der Waals surface area (Å²) in [5.41, 5.74) is 6.05. The first-order valence-electron chi connectivity index (χ1n) is 6.92. The molecule has 2 rings (SSSR count). The van der Waals surface area contributed by atoms with Gasteiger partial charge in [-0.1, -0.05) is 12.1 Å². The predicted octanol–water partition coefficient (Wildman–Crippen LogP) is 0.249. The van der Waals surface area contributed by atoms with Gasteiger partial charge in [-0.15, -0.1) is 0 Å². The zero-order chi connectivity index (χ0) is 16.3. The zero-order valence-electron chi connectivity index (χ0n) is 12.3. The third-order valence-corrected chi connectivity index (χ3v) is 4.77. The summed E-state index contributed by atoms with van der Waals surface area (Å²) in [5.74, 6) is -0.495. The number of urea groups is 1. The second-order valence-corrected chi connectivity index (χ2v) is 7.34. The van der Waals surface area contributed by atoms with Crippen molar-refractivity contribution in [3.63, 3.8) is 0 Å². The highest BCUT2D eigenvalue weighted by molar-refractivity contribution is 7.90. The highest BCUT2D eigenvalue weighted by atomic mass is 32.2. The van der Waals surface area contributed by atoms with Crippen molar-refractivity contribution in [2.45, 2.75) is 30.3 Å². The smallest absolute Gasteiger partial charge is 0.318 e. The topological polar surface area (TPSA) is 110 Å². The lowest BCUT2D eigenvalue weighted by Crippen LogP contribution is -2.47. The van der Waals surface area contributed by atoms with Crippen LogP contribution in [0.2, 0.25) is 0 Å². The summed E-state index contributed by atoms with van der Waals surface area (Å²) in [6.07, 6.45) is 2.48. The molecule has 120 valence electrons. The molecule has 1 heterocycles. The lowest BCUT2D eigenvalue weighted by Gasteiger charge is -2.22. The first-order chi connectivity index (χ1) is 10.3. The van der Waals surface area contributed by atoms with Crippen LogP contribution in [0, 0.1) is 0 Å². The molecule has 1 fully saturated rings. The van der Waals surface area contributed by atoms with Crippen molar-refractivity contribution in [3.05, 3.63) is 29.8 Å². The van der Waals surface area contributed by atoms with Crippen molar-refractivity contribution in [1.82, 2.24) is 10.2 Å². The lowest BCUT2D eigenvalue weighted by atomic mass is 10.2. The van der Waals surface area contributed by atoms with Gasteiger partial charge >= 0.3 is 6.03 Å². The standard InChI is InChI=1S/C14H19N3O4S/c1-22(20,21)11-6-4-10(5-7-11)9-16-14(19)17-8-2-3-12(17)13(15)18/h4-7,12H,2-3,8-9H2,1H3,(H2,15,18)(H,16,19). The van der Waals surface area contributed by atoms with Gasteiger partial charge in [-0.05, 0) is 30.5 Å². The average molecular weight is 325 g/mol. The highest BCUT2D eigenvalue weighted by Crippen LogP contribution is 2.17. The van der Waals surface area contributed by atoms with E-state index < -0.39 is 21.8 Å². The molecule has 0 radical (unpaired) electrons. The van der Waals surface area contributed by atoms with Crippen LogP contribution >= 0.6 is 0 Å². The molecule has 0 aromatic heterocycles. The number of amides is 3. The largest absolute Gasteiger partial charge is 0.368 e. The summed E-state index contributed by atoms with van der Waals surface area (Å²) in [6.45, 7) is 0.761. The number of carbonyl (C=O) groups is 2. The number of nitrogens with zero attached hydrogens (tertiary/aromatic N) is 1. The van der Waals surface area contributed by atoms with Gasteiger partial charge in [0.1, 0.15) is 6.04 Å². The Bertz CT molecular complexity index is 670. The minimum Gasteiger partial charge on any atom is -0.368 e. The number of hydrogen-bond acceptors (Lipinski definition) is 4. The molecule has 1 aromatic rings. The van der Waals surface area contributed by atoms with E-state index in [1.807, 2.05) is 0 Å². The van der Waals surface area contributed by atoms with Crippen LogP contribution < -0.4 is 11.1 Å². The van der Waals surface area contributed by atoms with E-state index in [9.17, 15) is 18.0 Å². The minimum atomic E-state index is -3.23. The summed E-state index contributed by atoms with van der Waals surface area (Å²) in [5, 5.41) is 2.71. The maximum atomic E-state index is 12.1. The molecular weight excluding hydrogens is 306 g/mol. The number of carbonyl (C=O) groups excluding carboxylic acids is 2. The Labute approximate surface area is 129 Å². The highest BCUT2D eigenvalue weighted by Gasteiger charge is 2.32. The van der Waals surface area contributed by atoms with Crippen LogP contribution in [0.15, 0.2) is 29.2 Å². The van der Waals surface area contributed by atoms with E-state index in [2.05, 4.69) is 5.32 Å². The molecule has 3 N–H and O–H groups in total. The molecule has 0 spiro atoms. The summed E-state index contributed by atoms with van der Waals surface area (Å²) < 4.78 is 22.7. The van der Waals surface area contributed by atoms with Crippen LogP contribution in [0.4, 0.5) is 4.79 Å². The quantitative estimate of drug-likeness (QED) is 0.827. The molecule has 1 aliphatic heterocycles. The molecule has 8 heteroatoms. The van der Waals surface area contributed by atoms with Crippen molar-refractivity contribution < 1.29 is 18.0 Å². The summed E-state index contributed by atoms with van der Waals surface area (Å²) in [6, 6.07) is 5.40. The van der Waals surface area contributed by atoms with E-state index in [1.54, 1.807) is 12.1 Å². The number of nitrogens with one attached hydrogen (secondary N) is 1. The fourth-order valence-electron chi connectivity index (χ4n) is 2.44. The second kappa shape index (κ2) is 6.35. The summed E-state index contributed by atoms with van der Waals surface area (Å²) in [7, 11) is -3.23. The molecule has 1 unspecified atom stereocenters. The first-order valence-corrected chi connectivity index (χ1v) is 8.81. The fourth-order valence-corrected chi connectivity index (χ4v) is 3.07. The van der Waals surface area contributed by atoms with Crippen LogP contribution in [-0.2, 0) is 21.2 Å². The number of likely N-dealkylation sites (tertiary alicyclic amines) is 1. The average Bonchev–Trinajstić information content (AvgIpc) is 2.94. The molecule has 22 heavy (non-hydrogen) atoms. The molecule has 7 nitrogen and oxygen atoms in total. The molecule has 0 bridgehead atoms. The minimum absolute atomic E-state index is 0.232. The number of nitrogens with two attached hydrogens (primary N) is 1. The molecule has 3 amide bonds. The molecule has 1 aliphatic rings. The Morgan fingerprint density at radius 1 is 1.32 bits per heavy atom. The zero-order valence-corrected chi connectivity index (χ0v) is 13.1. The van der Waals surface area contributed by atoms with E-state index in [-0.39, 0.29) is 17.5 Å². The Hall–Kier alpha value is -2.09. The van der Waals surface area contributed by atoms with Crippen molar-refractivity contribution in [2.75, 3.05) is 12.8 Å². The van der Waals surface area contributed by atoms with Crippen molar-refractivity contribution >= 4 is 21.8 Å². The van der Waals surface area contributed by atoms with Crippen LogP contribution in [-0.4, -0.2) is 44.1 Å². The molecule has 1 atom stereocenters. The Kier molecular flexibility index (Phi) is 4.70. The Morgan fingerprint density at radius 3 is 2.50 bits per heavy atom. The van der Waals surface area contributed by atoms with Crippen molar-refractivity contribution in [2.24, 2.45) is 5.73 Å². The third kappa shape index (κ3) is 3.76. The maximum absolute atomic E-state index is 12.1. The number of hydrogen-bond donors (Lipinski definition) is 2. The fraction of sp³-hybridized carbons (Fsp3) is 0.429. The SMILES string of the molecule is CS(=O)(=O)c1ccc(CNC(=O)N2CCCC2C(N)=O)cc1. The molecule has 0 saturated carbocycles. The number of sulfone groups is 1. The van der Waals surface area contributed by atoms with Gasteiger partial charge in [0.05, 0.1) is 4.90 Å². The second-order valence-electron chi connectivity index (χ2n) is 5.33. The molecular formula is C14H19N3O4S.